The molecule has 6 nitrogen and oxygen atoms in total. The van der Waals surface area contributed by atoms with Crippen molar-refractivity contribution in [2.75, 3.05) is 6.61 Å². The predicted octanol–water partition coefficient (Wildman–Crippen LogP) is 3.97. The lowest BCUT2D eigenvalue weighted by molar-refractivity contribution is -0.245. The molecule has 1 rings (SSSR count). The maximum absolute atomic E-state index is 12.6. The summed E-state index contributed by atoms with van der Waals surface area (Å²) in [7, 11) is 0. The van der Waals surface area contributed by atoms with Gasteiger partial charge >= 0.3 is 5.97 Å². The van der Waals surface area contributed by atoms with E-state index in [2.05, 4.69) is 0 Å². The molecule has 0 heterocycles. The summed E-state index contributed by atoms with van der Waals surface area (Å²) in [6.45, 7) is 11.2. The number of carbonyl (C=O) groups excluding carboxylic acids is 3. The number of aliphatic hydroxyl groups is 1. The number of carbonyl (C=O) groups is 3. The molecule has 6 heteroatoms. The Morgan fingerprint density at radius 1 is 1.14 bits per heavy atom. The minimum Gasteiger partial charge on any atom is -0.465 e. The molecule has 3 atom stereocenters. The molecule has 1 N–H and O–H groups in total. The summed E-state index contributed by atoms with van der Waals surface area (Å²) in [4.78, 5) is 37.3. The van der Waals surface area contributed by atoms with E-state index in [4.69, 9.17) is 9.47 Å². The third-order valence-corrected chi connectivity index (χ3v) is 5.22. The van der Waals surface area contributed by atoms with Crippen LogP contribution in [-0.4, -0.2) is 40.6 Å². The second-order valence-corrected chi connectivity index (χ2v) is 9.25. The second-order valence-electron chi connectivity index (χ2n) is 9.25. The van der Waals surface area contributed by atoms with Crippen molar-refractivity contribution in [3.63, 3.8) is 0 Å². The molecule has 1 fully saturated rings. The van der Waals surface area contributed by atoms with Crippen LogP contribution in [0.5, 0.6) is 0 Å². The number of ether oxygens (including phenoxy) is 2. The molecule has 1 aliphatic rings. The first kappa shape index (κ1) is 24.8. The summed E-state index contributed by atoms with van der Waals surface area (Å²) in [5, 5.41) is 10.4. The van der Waals surface area contributed by atoms with Gasteiger partial charge in [-0.1, -0.05) is 19.8 Å². The summed E-state index contributed by atoms with van der Waals surface area (Å²) in [6, 6.07) is 0. The maximum atomic E-state index is 12.6. The van der Waals surface area contributed by atoms with E-state index in [0.717, 1.165) is 6.42 Å². The molecule has 28 heavy (non-hydrogen) atoms. The Kier molecular flexibility index (Phi) is 8.82. The standard InChI is InChI=1S/C22H38O6/c1-7-11-22(13-10-9-12-21(6,26)28-20(3,4)5)15-16(23)14-17(24)18(22)19(25)27-8-2/h18,26H,7-15H2,1-6H3. The van der Waals surface area contributed by atoms with Crippen molar-refractivity contribution in [1.29, 1.82) is 0 Å². The van der Waals surface area contributed by atoms with Crippen molar-refractivity contribution in [3.8, 4) is 0 Å². The molecular formula is C22H38O6. The molecule has 1 saturated carbocycles. The zero-order valence-electron chi connectivity index (χ0n) is 18.4. The maximum Gasteiger partial charge on any atom is 0.317 e. The Bertz CT molecular complexity index is 560. The minimum absolute atomic E-state index is 0.0953. The zero-order chi connectivity index (χ0) is 21.6. The summed E-state index contributed by atoms with van der Waals surface area (Å²) in [6.07, 6.45) is 3.86. The zero-order valence-corrected chi connectivity index (χ0v) is 18.4. The Morgan fingerprint density at radius 2 is 1.79 bits per heavy atom. The molecule has 162 valence electrons. The van der Waals surface area contributed by atoms with Gasteiger partial charge in [0.15, 0.2) is 11.6 Å². The minimum atomic E-state index is -1.24. The van der Waals surface area contributed by atoms with Gasteiger partial charge in [-0.2, -0.15) is 0 Å². The molecule has 0 radical (unpaired) electrons. The Morgan fingerprint density at radius 3 is 2.32 bits per heavy atom. The van der Waals surface area contributed by atoms with Crippen LogP contribution in [0.4, 0.5) is 0 Å². The van der Waals surface area contributed by atoms with Gasteiger partial charge < -0.3 is 14.6 Å². The highest BCUT2D eigenvalue weighted by atomic mass is 16.6. The normalized spacial score (nSPS) is 25.5. The largest absolute Gasteiger partial charge is 0.465 e. The highest BCUT2D eigenvalue weighted by Crippen LogP contribution is 2.47. The second kappa shape index (κ2) is 9.97. The average molecular weight is 399 g/mol. The SMILES string of the molecule is CCCC1(CCCCC(C)(O)OC(C)(C)C)CC(=O)CC(=O)C1C(=O)OCC. The quantitative estimate of drug-likeness (QED) is 0.259. The van der Waals surface area contributed by atoms with Gasteiger partial charge in [0.25, 0.3) is 0 Å². The van der Waals surface area contributed by atoms with Crippen LogP contribution in [0.25, 0.3) is 0 Å². The summed E-state index contributed by atoms with van der Waals surface area (Å²) >= 11 is 0. The van der Waals surface area contributed by atoms with Crippen LogP contribution in [0, 0.1) is 11.3 Å². The van der Waals surface area contributed by atoms with Crippen LogP contribution in [0.1, 0.15) is 92.9 Å². The smallest absolute Gasteiger partial charge is 0.317 e. The number of esters is 1. The van der Waals surface area contributed by atoms with Gasteiger partial charge in [-0.05, 0) is 59.3 Å². The molecule has 0 aliphatic heterocycles. The van der Waals surface area contributed by atoms with Crippen molar-refractivity contribution < 1.29 is 29.0 Å². The molecule has 3 unspecified atom stereocenters. The number of Topliss-reactive ketones (excluding diaryl/α,β-unsaturated/α-hetero) is 2. The monoisotopic (exact) mass is 398 g/mol. The van der Waals surface area contributed by atoms with Crippen LogP contribution in [-0.2, 0) is 23.9 Å². The van der Waals surface area contributed by atoms with Crippen LogP contribution >= 0.6 is 0 Å². The topological polar surface area (TPSA) is 89.9 Å². The van der Waals surface area contributed by atoms with E-state index >= 15 is 0 Å². The molecule has 1 aliphatic carbocycles. The van der Waals surface area contributed by atoms with E-state index in [1.165, 1.54) is 0 Å². The predicted molar refractivity (Wildman–Crippen MR) is 107 cm³/mol. The third-order valence-electron chi connectivity index (χ3n) is 5.22. The number of hydrogen-bond acceptors (Lipinski definition) is 6. The van der Waals surface area contributed by atoms with Crippen molar-refractivity contribution in [3.05, 3.63) is 0 Å². The fourth-order valence-electron chi connectivity index (χ4n) is 4.53. The number of rotatable bonds is 10. The highest BCUT2D eigenvalue weighted by molar-refractivity contribution is 6.11. The summed E-state index contributed by atoms with van der Waals surface area (Å²) < 4.78 is 10.9. The molecule has 0 bridgehead atoms. The molecule has 0 amide bonds. The summed E-state index contributed by atoms with van der Waals surface area (Å²) in [5.41, 5.74) is -1.13. The van der Waals surface area contributed by atoms with Crippen LogP contribution in [0.15, 0.2) is 0 Å². The number of unbranched alkanes of at least 4 members (excludes halogenated alkanes) is 1. The molecule has 0 aromatic heterocycles. The van der Waals surface area contributed by atoms with Gasteiger partial charge in [-0.15, -0.1) is 0 Å². The third kappa shape index (κ3) is 7.28. The molecule has 0 aromatic carbocycles. The van der Waals surface area contributed by atoms with Crippen molar-refractivity contribution in [2.45, 2.75) is 104 Å². The van der Waals surface area contributed by atoms with Crippen LogP contribution < -0.4 is 0 Å². The first-order chi connectivity index (χ1) is 12.9. The lowest BCUT2D eigenvalue weighted by Gasteiger charge is -2.41. The summed E-state index contributed by atoms with van der Waals surface area (Å²) in [5.74, 6) is -3.02. The lowest BCUT2D eigenvalue weighted by atomic mass is 9.60. The molecule has 0 spiro atoms. The molecule has 0 aromatic rings. The van der Waals surface area contributed by atoms with E-state index in [0.29, 0.717) is 32.1 Å². The van der Waals surface area contributed by atoms with Gasteiger partial charge in [0.05, 0.1) is 18.6 Å². The van der Waals surface area contributed by atoms with E-state index in [9.17, 15) is 19.5 Å². The first-order valence-corrected chi connectivity index (χ1v) is 10.5. The number of ketones is 2. The van der Waals surface area contributed by atoms with E-state index in [1.807, 2.05) is 27.7 Å². The Balaban J connectivity index is 2.87. The van der Waals surface area contributed by atoms with Gasteiger partial charge in [0.1, 0.15) is 11.7 Å². The van der Waals surface area contributed by atoms with E-state index in [1.54, 1.807) is 13.8 Å². The fourth-order valence-corrected chi connectivity index (χ4v) is 4.53. The lowest BCUT2D eigenvalue weighted by Crippen LogP contribution is -2.48. The number of hydrogen-bond donors (Lipinski definition) is 1. The van der Waals surface area contributed by atoms with Gasteiger partial charge in [0, 0.05) is 12.8 Å². The van der Waals surface area contributed by atoms with Crippen molar-refractivity contribution in [2.24, 2.45) is 11.3 Å². The van der Waals surface area contributed by atoms with Gasteiger partial charge in [-0.25, -0.2) is 0 Å². The van der Waals surface area contributed by atoms with E-state index < -0.39 is 28.7 Å². The van der Waals surface area contributed by atoms with Gasteiger partial charge in [-0.3, -0.25) is 14.4 Å². The molecular weight excluding hydrogens is 360 g/mol. The Labute approximate surface area is 169 Å². The van der Waals surface area contributed by atoms with Gasteiger partial charge in [0.2, 0.25) is 0 Å². The van der Waals surface area contributed by atoms with E-state index in [-0.39, 0.29) is 31.0 Å². The first-order valence-electron chi connectivity index (χ1n) is 10.5. The van der Waals surface area contributed by atoms with Crippen LogP contribution in [0.2, 0.25) is 0 Å². The molecule has 0 saturated heterocycles. The van der Waals surface area contributed by atoms with Crippen molar-refractivity contribution >= 4 is 17.5 Å². The average Bonchev–Trinajstić information content (AvgIpc) is 2.49. The van der Waals surface area contributed by atoms with Crippen LogP contribution in [0.3, 0.4) is 0 Å². The Hall–Kier alpha value is -1.27. The van der Waals surface area contributed by atoms with Crippen molar-refractivity contribution in [1.82, 2.24) is 0 Å². The highest BCUT2D eigenvalue weighted by Gasteiger charge is 2.51. The fraction of sp³-hybridized carbons (Fsp3) is 0.864.